The molecule has 0 radical (unpaired) electrons. The quantitative estimate of drug-likeness (QED) is 0.694. The number of phenolic OH excluding ortho intramolecular Hbond substituents is 1. The summed E-state index contributed by atoms with van der Waals surface area (Å²) < 4.78 is 0. The highest BCUT2D eigenvalue weighted by Crippen LogP contribution is 2.26. The molecule has 0 aliphatic heterocycles. The lowest BCUT2D eigenvalue weighted by atomic mass is 10.1. The van der Waals surface area contributed by atoms with Crippen LogP contribution < -0.4 is 4.90 Å². The molecule has 1 N–H and O–H groups in total. The van der Waals surface area contributed by atoms with E-state index in [1.165, 1.54) is 30.1 Å². The molecule has 0 saturated carbocycles. The molecule has 2 rings (SSSR count). The number of nitrogens with zero attached hydrogens (tertiary/aromatic N) is 2. The van der Waals surface area contributed by atoms with Crippen molar-refractivity contribution in [1.29, 1.82) is 0 Å². The van der Waals surface area contributed by atoms with E-state index in [0.29, 0.717) is 11.3 Å². The number of rotatable bonds is 3. The van der Waals surface area contributed by atoms with E-state index >= 15 is 0 Å². The maximum atomic E-state index is 12.5. The third kappa shape index (κ3) is 2.84. The van der Waals surface area contributed by atoms with Gasteiger partial charge >= 0.3 is 0 Å². The topological polar surface area (TPSA) is 83.7 Å². The summed E-state index contributed by atoms with van der Waals surface area (Å²) in [7, 11) is 1.53. The van der Waals surface area contributed by atoms with Gasteiger partial charge in [-0.3, -0.25) is 14.9 Å². The average molecular weight is 286 g/mol. The Morgan fingerprint density at radius 1 is 1.19 bits per heavy atom. The molecular formula is C15H14N2O4. The van der Waals surface area contributed by atoms with Crippen molar-refractivity contribution in [3.63, 3.8) is 0 Å². The predicted molar refractivity (Wildman–Crippen MR) is 78.7 cm³/mol. The molecule has 0 unspecified atom stereocenters. The van der Waals surface area contributed by atoms with Crippen LogP contribution in [0.3, 0.4) is 0 Å². The van der Waals surface area contributed by atoms with Crippen molar-refractivity contribution >= 4 is 17.3 Å². The lowest BCUT2D eigenvalue weighted by molar-refractivity contribution is -0.385. The summed E-state index contributed by atoms with van der Waals surface area (Å²) >= 11 is 0. The van der Waals surface area contributed by atoms with E-state index in [2.05, 4.69) is 0 Å². The molecule has 0 aliphatic carbocycles. The third-order valence-electron chi connectivity index (χ3n) is 3.19. The summed E-state index contributed by atoms with van der Waals surface area (Å²) in [5, 5.41) is 20.4. The zero-order chi connectivity index (χ0) is 15.6. The Hall–Kier alpha value is -2.89. The number of phenols is 1. The molecule has 6 nitrogen and oxygen atoms in total. The van der Waals surface area contributed by atoms with Crippen LogP contribution >= 0.6 is 0 Å². The van der Waals surface area contributed by atoms with Crippen molar-refractivity contribution in [2.45, 2.75) is 6.92 Å². The first-order chi connectivity index (χ1) is 9.91. The number of hydrogen-bond donors (Lipinski definition) is 1. The molecule has 0 saturated heterocycles. The Balaban J connectivity index is 2.43. The van der Waals surface area contributed by atoms with Crippen LogP contribution in [0.25, 0.3) is 0 Å². The minimum atomic E-state index is -0.548. The zero-order valence-corrected chi connectivity index (χ0v) is 11.6. The number of benzene rings is 2. The zero-order valence-electron chi connectivity index (χ0n) is 11.6. The Labute approximate surface area is 121 Å². The number of amides is 1. The van der Waals surface area contributed by atoms with E-state index in [-0.39, 0.29) is 17.0 Å². The number of nitro groups is 1. The lowest BCUT2D eigenvalue weighted by Gasteiger charge is -2.17. The van der Waals surface area contributed by atoms with E-state index in [9.17, 15) is 20.0 Å². The van der Waals surface area contributed by atoms with Crippen LogP contribution in [0.15, 0.2) is 42.5 Å². The summed E-state index contributed by atoms with van der Waals surface area (Å²) in [6.07, 6.45) is 0. The molecule has 0 bridgehead atoms. The highest BCUT2D eigenvalue weighted by molar-refractivity contribution is 6.08. The standard InChI is InChI=1S/C15H14N2O4/c1-10-4-3-5-13(14(10)17(20)21)15(19)16(2)11-6-8-12(18)9-7-11/h3-9,18H,1-2H3. The van der Waals surface area contributed by atoms with Crippen LogP contribution in [0.1, 0.15) is 15.9 Å². The van der Waals surface area contributed by atoms with Crippen molar-refractivity contribution in [3.05, 3.63) is 63.7 Å². The Morgan fingerprint density at radius 2 is 1.81 bits per heavy atom. The van der Waals surface area contributed by atoms with Crippen LogP contribution in [0, 0.1) is 17.0 Å². The van der Waals surface area contributed by atoms with Gasteiger partial charge < -0.3 is 10.0 Å². The van der Waals surface area contributed by atoms with E-state index in [0.717, 1.165) is 0 Å². The molecule has 6 heteroatoms. The highest BCUT2D eigenvalue weighted by Gasteiger charge is 2.25. The van der Waals surface area contributed by atoms with Crippen LogP contribution in [0.4, 0.5) is 11.4 Å². The van der Waals surface area contributed by atoms with Gasteiger partial charge in [0, 0.05) is 18.3 Å². The minimum Gasteiger partial charge on any atom is -0.508 e. The number of aromatic hydroxyl groups is 1. The van der Waals surface area contributed by atoms with E-state index < -0.39 is 10.8 Å². The number of nitro benzene ring substituents is 1. The Morgan fingerprint density at radius 3 is 2.38 bits per heavy atom. The van der Waals surface area contributed by atoms with Gasteiger partial charge in [-0.1, -0.05) is 12.1 Å². The molecule has 1 amide bonds. The third-order valence-corrected chi connectivity index (χ3v) is 3.19. The molecular weight excluding hydrogens is 272 g/mol. The lowest BCUT2D eigenvalue weighted by Crippen LogP contribution is -2.27. The number of anilines is 1. The summed E-state index contributed by atoms with van der Waals surface area (Å²) in [5.41, 5.74) is 0.822. The van der Waals surface area contributed by atoms with Gasteiger partial charge in [-0.25, -0.2) is 0 Å². The first-order valence-electron chi connectivity index (χ1n) is 6.23. The first-order valence-corrected chi connectivity index (χ1v) is 6.23. The van der Waals surface area contributed by atoms with E-state index in [1.807, 2.05) is 0 Å². The van der Waals surface area contributed by atoms with Gasteiger partial charge in [-0.15, -0.1) is 0 Å². The Kier molecular flexibility index (Phi) is 3.89. The molecule has 2 aromatic rings. The van der Waals surface area contributed by atoms with Crippen molar-refractivity contribution in [1.82, 2.24) is 0 Å². The fraction of sp³-hybridized carbons (Fsp3) is 0.133. The van der Waals surface area contributed by atoms with Gasteiger partial charge in [0.25, 0.3) is 11.6 Å². The van der Waals surface area contributed by atoms with Crippen molar-refractivity contribution < 1.29 is 14.8 Å². The van der Waals surface area contributed by atoms with Gasteiger partial charge in [0.15, 0.2) is 0 Å². The maximum Gasteiger partial charge on any atom is 0.285 e. The molecule has 0 spiro atoms. The van der Waals surface area contributed by atoms with Crippen molar-refractivity contribution in [2.24, 2.45) is 0 Å². The molecule has 0 atom stereocenters. The summed E-state index contributed by atoms with van der Waals surface area (Å²) in [6.45, 7) is 1.59. The van der Waals surface area contributed by atoms with Crippen LogP contribution in [0.2, 0.25) is 0 Å². The second kappa shape index (κ2) is 5.62. The SMILES string of the molecule is Cc1cccc(C(=O)N(C)c2ccc(O)cc2)c1[N+](=O)[O-]. The number of para-hydroxylation sites is 1. The highest BCUT2D eigenvalue weighted by atomic mass is 16.6. The molecule has 21 heavy (non-hydrogen) atoms. The van der Waals surface area contributed by atoms with Gasteiger partial charge in [-0.05, 0) is 37.3 Å². The fourth-order valence-electron chi connectivity index (χ4n) is 2.05. The van der Waals surface area contributed by atoms with Gasteiger partial charge in [0.05, 0.1) is 4.92 Å². The predicted octanol–water partition coefficient (Wildman–Crippen LogP) is 2.89. The minimum absolute atomic E-state index is 0.0376. The summed E-state index contributed by atoms with van der Waals surface area (Å²) in [6, 6.07) is 10.7. The first kappa shape index (κ1) is 14.5. The number of hydrogen-bond acceptors (Lipinski definition) is 4. The summed E-state index contributed by atoms with van der Waals surface area (Å²) in [4.78, 5) is 24.4. The van der Waals surface area contributed by atoms with Gasteiger partial charge in [-0.2, -0.15) is 0 Å². The number of carbonyl (C=O) groups excluding carboxylic acids is 1. The molecule has 0 fully saturated rings. The monoisotopic (exact) mass is 286 g/mol. The van der Waals surface area contributed by atoms with E-state index in [4.69, 9.17) is 0 Å². The molecule has 2 aromatic carbocycles. The van der Waals surface area contributed by atoms with Crippen LogP contribution in [-0.2, 0) is 0 Å². The smallest absolute Gasteiger partial charge is 0.285 e. The molecule has 0 aromatic heterocycles. The van der Waals surface area contributed by atoms with Gasteiger partial charge in [0.2, 0.25) is 0 Å². The second-order valence-electron chi connectivity index (χ2n) is 4.61. The molecule has 0 heterocycles. The molecule has 108 valence electrons. The van der Waals surface area contributed by atoms with Crippen LogP contribution in [-0.4, -0.2) is 23.0 Å². The fourth-order valence-corrected chi connectivity index (χ4v) is 2.05. The number of aryl methyl sites for hydroxylation is 1. The van der Waals surface area contributed by atoms with Gasteiger partial charge in [0.1, 0.15) is 11.3 Å². The largest absolute Gasteiger partial charge is 0.508 e. The van der Waals surface area contributed by atoms with Crippen molar-refractivity contribution in [2.75, 3.05) is 11.9 Å². The number of carbonyl (C=O) groups is 1. The summed E-state index contributed by atoms with van der Waals surface area (Å²) in [5.74, 6) is -0.391. The van der Waals surface area contributed by atoms with E-state index in [1.54, 1.807) is 31.2 Å². The second-order valence-corrected chi connectivity index (χ2v) is 4.61. The normalized spacial score (nSPS) is 10.2. The Bertz CT molecular complexity index is 695. The molecule has 0 aliphatic rings. The van der Waals surface area contributed by atoms with Crippen LogP contribution in [0.5, 0.6) is 5.75 Å². The maximum absolute atomic E-state index is 12.5. The average Bonchev–Trinajstić information content (AvgIpc) is 2.46. The van der Waals surface area contributed by atoms with Crippen molar-refractivity contribution in [3.8, 4) is 5.75 Å².